The van der Waals surface area contributed by atoms with Crippen molar-refractivity contribution in [2.45, 2.75) is 13.8 Å². The second-order valence-corrected chi connectivity index (χ2v) is 6.06. The van der Waals surface area contributed by atoms with Crippen LogP contribution < -0.4 is 5.73 Å². The van der Waals surface area contributed by atoms with E-state index in [2.05, 4.69) is 72.3 Å². The molecule has 2 aromatic carbocycles. The molecule has 0 aliphatic heterocycles. The summed E-state index contributed by atoms with van der Waals surface area (Å²) in [5.74, 6) is 0.273. The predicted molar refractivity (Wildman–Crippen MR) is 107 cm³/mol. The molecule has 2 N–H and O–H groups in total. The quantitative estimate of drug-likeness (QED) is 0.732. The average Bonchev–Trinajstić information content (AvgIpc) is 2.60. The van der Waals surface area contributed by atoms with Crippen molar-refractivity contribution < 1.29 is 0 Å². The molecular weight excluding hydrogens is 306 g/mol. The van der Waals surface area contributed by atoms with Gasteiger partial charge in [0.15, 0.2) is 0 Å². The van der Waals surface area contributed by atoms with Gasteiger partial charge in [0.1, 0.15) is 0 Å². The molecule has 0 unspecified atom stereocenters. The molecule has 0 radical (unpaired) electrons. The Morgan fingerprint density at radius 2 is 1.04 bits per heavy atom. The summed E-state index contributed by atoms with van der Waals surface area (Å²) in [7, 11) is 0. The van der Waals surface area contributed by atoms with Crippen LogP contribution in [0.3, 0.4) is 0 Å². The van der Waals surface area contributed by atoms with Gasteiger partial charge in [0, 0.05) is 0 Å². The maximum Gasteiger partial charge on any atom is 0.221 e. The van der Waals surface area contributed by atoms with Gasteiger partial charge in [-0.05, 0) is 43.2 Å². The second kappa shape index (κ2) is 7.58. The summed E-state index contributed by atoms with van der Waals surface area (Å²) in [5.41, 5.74) is 12.2. The van der Waals surface area contributed by atoms with Crippen LogP contribution in [0.15, 0.2) is 54.6 Å². The third-order valence-electron chi connectivity index (χ3n) is 3.83. The Morgan fingerprint density at radius 3 is 1.44 bits per heavy atom. The highest BCUT2D eigenvalue weighted by atomic mass is 15.0. The fourth-order valence-corrected chi connectivity index (χ4v) is 2.39. The minimum atomic E-state index is 0.273. The minimum absolute atomic E-state index is 0.273. The van der Waals surface area contributed by atoms with Crippen LogP contribution in [0.25, 0.3) is 24.3 Å². The van der Waals surface area contributed by atoms with Gasteiger partial charge in [0.2, 0.25) is 5.95 Å². The molecule has 3 aromatic rings. The Balaban J connectivity index is 1.80. The predicted octanol–water partition coefficient (Wildman–Crippen LogP) is 5.02. The van der Waals surface area contributed by atoms with E-state index in [0.717, 1.165) is 22.5 Å². The molecule has 0 amide bonds. The summed E-state index contributed by atoms with van der Waals surface area (Å²) in [5, 5.41) is 0. The van der Waals surface area contributed by atoms with E-state index in [9.17, 15) is 0 Å². The molecule has 3 nitrogen and oxygen atoms in total. The standard InChI is InChI=1S/C22H21N3/c1-16-3-7-18(8-4-16)11-13-20-15-21(25-22(23)24-20)14-12-19-9-5-17(2)6-10-19/h3-15H,1-2H3,(H2,23,24,25). The lowest BCUT2D eigenvalue weighted by molar-refractivity contribution is 1.15. The van der Waals surface area contributed by atoms with Crippen molar-refractivity contribution in [1.29, 1.82) is 0 Å². The largest absolute Gasteiger partial charge is 0.368 e. The minimum Gasteiger partial charge on any atom is -0.368 e. The Morgan fingerprint density at radius 1 is 0.640 bits per heavy atom. The smallest absolute Gasteiger partial charge is 0.221 e. The third-order valence-corrected chi connectivity index (χ3v) is 3.83. The third kappa shape index (κ3) is 4.88. The van der Waals surface area contributed by atoms with Gasteiger partial charge in [-0.1, -0.05) is 71.8 Å². The van der Waals surface area contributed by atoms with Crippen molar-refractivity contribution in [3.8, 4) is 0 Å². The lowest BCUT2D eigenvalue weighted by Crippen LogP contribution is -1.98. The molecule has 25 heavy (non-hydrogen) atoms. The number of hydrogen-bond donors (Lipinski definition) is 1. The summed E-state index contributed by atoms with van der Waals surface area (Å²) in [6.45, 7) is 4.15. The van der Waals surface area contributed by atoms with E-state index in [-0.39, 0.29) is 5.95 Å². The van der Waals surface area contributed by atoms with Gasteiger partial charge in [-0.15, -0.1) is 0 Å². The molecule has 0 spiro atoms. The van der Waals surface area contributed by atoms with Crippen molar-refractivity contribution in [3.05, 3.63) is 88.2 Å². The maximum absolute atomic E-state index is 5.85. The van der Waals surface area contributed by atoms with Gasteiger partial charge in [0.25, 0.3) is 0 Å². The highest BCUT2D eigenvalue weighted by Crippen LogP contribution is 2.13. The van der Waals surface area contributed by atoms with E-state index in [0.29, 0.717) is 0 Å². The first-order valence-corrected chi connectivity index (χ1v) is 8.22. The van der Waals surface area contributed by atoms with E-state index in [1.165, 1.54) is 11.1 Å². The molecule has 0 aliphatic rings. The molecule has 0 saturated heterocycles. The van der Waals surface area contributed by atoms with Gasteiger partial charge < -0.3 is 5.73 Å². The van der Waals surface area contributed by atoms with E-state index in [1.54, 1.807) is 0 Å². The highest BCUT2D eigenvalue weighted by Gasteiger charge is 1.98. The van der Waals surface area contributed by atoms with Crippen LogP contribution in [-0.4, -0.2) is 9.97 Å². The van der Waals surface area contributed by atoms with E-state index < -0.39 is 0 Å². The lowest BCUT2D eigenvalue weighted by atomic mass is 10.1. The van der Waals surface area contributed by atoms with Gasteiger partial charge in [0.05, 0.1) is 11.4 Å². The molecule has 3 heteroatoms. The highest BCUT2D eigenvalue weighted by molar-refractivity contribution is 5.72. The molecule has 0 aliphatic carbocycles. The first-order chi connectivity index (χ1) is 12.1. The average molecular weight is 327 g/mol. The Kier molecular flexibility index (Phi) is 5.05. The van der Waals surface area contributed by atoms with Crippen LogP contribution in [0, 0.1) is 13.8 Å². The van der Waals surface area contributed by atoms with Crippen molar-refractivity contribution in [3.63, 3.8) is 0 Å². The molecule has 0 atom stereocenters. The van der Waals surface area contributed by atoms with E-state index in [4.69, 9.17) is 5.73 Å². The number of benzene rings is 2. The fraction of sp³-hybridized carbons (Fsp3) is 0.0909. The van der Waals surface area contributed by atoms with Gasteiger partial charge >= 0.3 is 0 Å². The second-order valence-electron chi connectivity index (χ2n) is 6.06. The summed E-state index contributed by atoms with van der Waals surface area (Å²) < 4.78 is 0. The lowest BCUT2D eigenvalue weighted by Gasteiger charge is -2.00. The Hall–Kier alpha value is -3.20. The van der Waals surface area contributed by atoms with E-state index in [1.807, 2.05) is 30.4 Å². The molecule has 0 saturated carbocycles. The summed E-state index contributed by atoms with van der Waals surface area (Å²) in [6, 6.07) is 18.6. The number of nitrogen functional groups attached to an aromatic ring is 1. The summed E-state index contributed by atoms with van der Waals surface area (Å²) >= 11 is 0. The molecule has 0 fully saturated rings. The Bertz CT molecular complexity index is 831. The normalized spacial score (nSPS) is 11.4. The SMILES string of the molecule is Cc1ccc(C=Cc2cc(C=Cc3ccc(C)cc3)nc(N)n2)cc1. The Labute approximate surface area is 148 Å². The van der Waals surface area contributed by atoms with Crippen LogP contribution in [0.1, 0.15) is 33.6 Å². The summed E-state index contributed by atoms with van der Waals surface area (Å²) in [4.78, 5) is 8.56. The van der Waals surface area contributed by atoms with Crippen LogP contribution in [0.5, 0.6) is 0 Å². The van der Waals surface area contributed by atoms with Crippen LogP contribution in [0.2, 0.25) is 0 Å². The summed E-state index contributed by atoms with van der Waals surface area (Å²) in [6.07, 6.45) is 7.95. The van der Waals surface area contributed by atoms with Crippen molar-refractivity contribution >= 4 is 30.3 Å². The number of aryl methyl sites for hydroxylation is 2. The molecular formula is C22H21N3. The van der Waals surface area contributed by atoms with Gasteiger partial charge in [-0.2, -0.15) is 0 Å². The monoisotopic (exact) mass is 327 g/mol. The van der Waals surface area contributed by atoms with Crippen LogP contribution in [-0.2, 0) is 0 Å². The number of nitrogens with zero attached hydrogens (tertiary/aromatic N) is 2. The van der Waals surface area contributed by atoms with E-state index >= 15 is 0 Å². The number of anilines is 1. The van der Waals surface area contributed by atoms with Crippen LogP contribution in [0.4, 0.5) is 5.95 Å². The zero-order valence-corrected chi connectivity index (χ0v) is 14.5. The van der Waals surface area contributed by atoms with Crippen molar-refractivity contribution in [2.24, 2.45) is 0 Å². The number of aromatic nitrogens is 2. The zero-order chi connectivity index (χ0) is 17.6. The van der Waals surface area contributed by atoms with Crippen molar-refractivity contribution in [1.82, 2.24) is 9.97 Å². The molecule has 1 aromatic heterocycles. The molecule has 0 bridgehead atoms. The van der Waals surface area contributed by atoms with Gasteiger partial charge in [-0.3, -0.25) is 0 Å². The number of nitrogens with two attached hydrogens (primary N) is 1. The zero-order valence-electron chi connectivity index (χ0n) is 14.5. The van der Waals surface area contributed by atoms with Crippen molar-refractivity contribution in [2.75, 3.05) is 5.73 Å². The molecule has 3 rings (SSSR count). The fourth-order valence-electron chi connectivity index (χ4n) is 2.39. The maximum atomic E-state index is 5.85. The topological polar surface area (TPSA) is 51.8 Å². The van der Waals surface area contributed by atoms with Crippen LogP contribution >= 0.6 is 0 Å². The molecule has 1 heterocycles. The van der Waals surface area contributed by atoms with Gasteiger partial charge in [-0.25, -0.2) is 9.97 Å². The number of rotatable bonds is 4. The number of hydrogen-bond acceptors (Lipinski definition) is 3. The molecule has 124 valence electrons. The first-order valence-electron chi connectivity index (χ1n) is 8.22. The first kappa shape index (κ1) is 16.7.